The largest absolute Gasteiger partial charge is 0.294 e. The molecule has 1 nitrogen and oxygen atoms in total. The van der Waals surface area contributed by atoms with Crippen LogP contribution in [0.3, 0.4) is 0 Å². The van der Waals surface area contributed by atoms with Gasteiger partial charge in [-0.25, -0.2) is 4.39 Å². The molecule has 0 bridgehead atoms. The highest BCUT2D eigenvalue weighted by Crippen LogP contribution is 2.28. The number of Topliss-reactive ketones (excluding diaryl/α,β-unsaturated/α-hetero) is 1. The third-order valence-electron chi connectivity index (χ3n) is 1.40. The highest BCUT2D eigenvalue weighted by atomic mass is 79.9. The van der Waals surface area contributed by atoms with Gasteiger partial charge in [0.1, 0.15) is 5.82 Å². The van der Waals surface area contributed by atoms with Crippen LogP contribution in [-0.2, 0) is 0 Å². The van der Waals surface area contributed by atoms with E-state index in [9.17, 15) is 9.18 Å². The second-order valence-electron chi connectivity index (χ2n) is 2.27. The molecule has 0 radical (unpaired) electrons. The molecule has 1 rings (SSSR count). The molecule has 0 atom stereocenters. The highest BCUT2D eigenvalue weighted by molar-refractivity contribution is 9.10. The molecular weight excluding hydrogens is 246 g/mol. The minimum atomic E-state index is -0.557. The van der Waals surface area contributed by atoms with E-state index in [1.807, 2.05) is 0 Å². The molecule has 0 spiro atoms. The van der Waals surface area contributed by atoms with E-state index in [1.165, 1.54) is 19.1 Å². The average molecular weight is 251 g/mol. The van der Waals surface area contributed by atoms with Gasteiger partial charge in [0.05, 0.1) is 10.6 Å². The number of hydrogen-bond acceptors (Lipinski definition) is 1. The summed E-state index contributed by atoms with van der Waals surface area (Å²) >= 11 is 8.70. The monoisotopic (exact) mass is 250 g/mol. The van der Waals surface area contributed by atoms with E-state index in [0.29, 0.717) is 9.50 Å². The normalized spacial score (nSPS) is 10.0. The van der Waals surface area contributed by atoms with Gasteiger partial charge in [0.15, 0.2) is 5.78 Å². The van der Waals surface area contributed by atoms with Crippen LogP contribution in [0.25, 0.3) is 0 Å². The lowest BCUT2D eigenvalue weighted by Crippen LogP contribution is -1.98. The summed E-state index contributed by atoms with van der Waals surface area (Å²) in [5, 5.41) is 0.335. The van der Waals surface area contributed by atoms with Crippen LogP contribution in [-0.4, -0.2) is 5.78 Å². The maximum absolute atomic E-state index is 13.0. The van der Waals surface area contributed by atoms with Crippen LogP contribution in [0, 0.1) is 5.82 Å². The maximum atomic E-state index is 13.0. The maximum Gasteiger partial charge on any atom is 0.163 e. The number of rotatable bonds is 1. The standard InChI is InChI=1S/C8H5BrClFO/c1-4(12)7-6(11)3-2-5(10)8(7)9/h2-3H,1H3. The molecule has 12 heavy (non-hydrogen) atoms. The first-order chi connectivity index (χ1) is 5.54. The van der Waals surface area contributed by atoms with Crippen LogP contribution in [0.4, 0.5) is 4.39 Å². The summed E-state index contributed by atoms with van der Waals surface area (Å²) in [6.45, 7) is 1.29. The van der Waals surface area contributed by atoms with E-state index in [4.69, 9.17) is 11.6 Å². The molecule has 0 aliphatic carbocycles. The fourth-order valence-electron chi connectivity index (χ4n) is 0.850. The Labute approximate surface area is 82.7 Å². The summed E-state index contributed by atoms with van der Waals surface area (Å²) in [6.07, 6.45) is 0. The summed E-state index contributed by atoms with van der Waals surface area (Å²) < 4.78 is 13.3. The van der Waals surface area contributed by atoms with Crippen molar-refractivity contribution in [3.63, 3.8) is 0 Å². The Bertz CT molecular complexity index is 338. The third-order valence-corrected chi connectivity index (χ3v) is 2.76. The molecule has 0 aromatic heterocycles. The minimum Gasteiger partial charge on any atom is -0.294 e. The second kappa shape index (κ2) is 3.54. The topological polar surface area (TPSA) is 17.1 Å². The zero-order valence-corrected chi connectivity index (χ0v) is 8.54. The number of carbonyl (C=O) groups excluding carboxylic acids is 1. The van der Waals surface area contributed by atoms with E-state index < -0.39 is 5.82 Å². The molecule has 0 N–H and O–H groups in total. The summed E-state index contributed by atoms with van der Waals surface area (Å²) in [5.74, 6) is -0.902. The van der Waals surface area contributed by atoms with Gasteiger partial charge in [0, 0.05) is 4.47 Å². The zero-order chi connectivity index (χ0) is 9.30. The van der Waals surface area contributed by atoms with Gasteiger partial charge in [-0.3, -0.25) is 4.79 Å². The molecule has 4 heteroatoms. The molecule has 0 aliphatic heterocycles. The Morgan fingerprint density at radius 1 is 1.58 bits per heavy atom. The average Bonchev–Trinajstić information content (AvgIpc) is 1.97. The van der Waals surface area contributed by atoms with Gasteiger partial charge in [-0.15, -0.1) is 0 Å². The van der Waals surface area contributed by atoms with Crippen LogP contribution in [0.5, 0.6) is 0 Å². The van der Waals surface area contributed by atoms with Gasteiger partial charge in [0.2, 0.25) is 0 Å². The summed E-state index contributed by atoms with van der Waals surface area (Å²) in [5.41, 5.74) is 0.00231. The van der Waals surface area contributed by atoms with Crippen molar-refractivity contribution in [1.82, 2.24) is 0 Å². The molecule has 64 valence electrons. The Hall–Kier alpha value is -0.410. The zero-order valence-electron chi connectivity index (χ0n) is 6.20. The molecule has 0 saturated carbocycles. The van der Waals surface area contributed by atoms with Crippen molar-refractivity contribution in [3.8, 4) is 0 Å². The predicted octanol–water partition coefficient (Wildman–Crippen LogP) is 3.44. The minimum absolute atomic E-state index is 0.00231. The van der Waals surface area contributed by atoms with Crippen molar-refractivity contribution in [2.75, 3.05) is 0 Å². The van der Waals surface area contributed by atoms with E-state index in [2.05, 4.69) is 15.9 Å². The molecule has 0 saturated heterocycles. The first-order valence-corrected chi connectivity index (χ1v) is 4.35. The van der Waals surface area contributed by atoms with Crippen LogP contribution in [0.1, 0.15) is 17.3 Å². The summed E-state index contributed by atoms with van der Waals surface area (Å²) in [6, 6.07) is 2.57. The van der Waals surface area contributed by atoms with Crippen molar-refractivity contribution < 1.29 is 9.18 Å². The number of ketones is 1. The van der Waals surface area contributed by atoms with Crippen LogP contribution in [0.15, 0.2) is 16.6 Å². The van der Waals surface area contributed by atoms with E-state index in [-0.39, 0.29) is 11.3 Å². The van der Waals surface area contributed by atoms with Crippen LogP contribution >= 0.6 is 27.5 Å². The molecule has 0 aliphatic rings. The molecule has 0 heterocycles. The van der Waals surface area contributed by atoms with Gasteiger partial charge in [0.25, 0.3) is 0 Å². The number of benzene rings is 1. The van der Waals surface area contributed by atoms with Gasteiger partial charge in [-0.1, -0.05) is 11.6 Å². The lowest BCUT2D eigenvalue weighted by Gasteiger charge is -2.02. The third kappa shape index (κ3) is 1.67. The van der Waals surface area contributed by atoms with Gasteiger partial charge in [-0.05, 0) is 35.0 Å². The van der Waals surface area contributed by atoms with E-state index in [1.54, 1.807) is 0 Å². The Balaban J connectivity index is 3.43. The summed E-state index contributed by atoms with van der Waals surface area (Å²) in [7, 11) is 0. The first kappa shape index (κ1) is 9.68. The van der Waals surface area contributed by atoms with Crippen molar-refractivity contribution in [2.45, 2.75) is 6.92 Å². The van der Waals surface area contributed by atoms with Crippen molar-refractivity contribution in [3.05, 3.63) is 33.0 Å². The van der Waals surface area contributed by atoms with Crippen LogP contribution in [0.2, 0.25) is 5.02 Å². The smallest absolute Gasteiger partial charge is 0.163 e. The van der Waals surface area contributed by atoms with Gasteiger partial charge < -0.3 is 0 Å². The SMILES string of the molecule is CC(=O)c1c(F)ccc(Cl)c1Br. The molecule has 1 aromatic carbocycles. The molecule has 0 unspecified atom stereocenters. The molecular formula is C8H5BrClFO. The van der Waals surface area contributed by atoms with Gasteiger partial charge in [-0.2, -0.15) is 0 Å². The quantitative estimate of drug-likeness (QED) is 0.552. The predicted molar refractivity (Wildman–Crippen MR) is 49.1 cm³/mol. The van der Waals surface area contributed by atoms with Crippen LogP contribution < -0.4 is 0 Å². The fourth-order valence-corrected chi connectivity index (χ4v) is 1.61. The van der Waals surface area contributed by atoms with Crippen molar-refractivity contribution in [2.24, 2.45) is 0 Å². The molecule has 1 aromatic rings. The van der Waals surface area contributed by atoms with Gasteiger partial charge >= 0.3 is 0 Å². The lowest BCUT2D eigenvalue weighted by atomic mass is 10.1. The lowest BCUT2D eigenvalue weighted by molar-refractivity contribution is 0.101. The summed E-state index contributed by atoms with van der Waals surface area (Å²) in [4.78, 5) is 10.9. The van der Waals surface area contributed by atoms with Crippen molar-refractivity contribution in [1.29, 1.82) is 0 Å². The fraction of sp³-hybridized carbons (Fsp3) is 0.125. The molecule has 0 amide bonds. The Kier molecular flexibility index (Phi) is 2.85. The number of halogens is 3. The Morgan fingerprint density at radius 2 is 2.17 bits per heavy atom. The Morgan fingerprint density at radius 3 is 2.58 bits per heavy atom. The van der Waals surface area contributed by atoms with Crippen molar-refractivity contribution >= 4 is 33.3 Å². The van der Waals surface area contributed by atoms with E-state index in [0.717, 1.165) is 0 Å². The highest BCUT2D eigenvalue weighted by Gasteiger charge is 2.13. The number of carbonyl (C=O) groups is 1. The van der Waals surface area contributed by atoms with E-state index >= 15 is 0 Å². The number of hydrogen-bond donors (Lipinski definition) is 0. The molecule has 0 fully saturated rings. The first-order valence-electron chi connectivity index (χ1n) is 3.18. The second-order valence-corrected chi connectivity index (χ2v) is 3.47.